The Morgan fingerprint density at radius 2 is 2.23 bits per heavy atom. The van der Waals surface area contributed by atoms with Crippen LogP contribution >= 0.6 is 11.3 Å². The maximum Gasteiger partial charge on any atom is 0.161 e. The first-order valence-corrected chi connectivity index (χ1v) is 8.37. The van der Waals surface area contributed by atoms with Crippen molar-refractivity contribution in [2.45, 2.75) is 25.8 Å². The average molecular weight is 311 g/mol. The van der Waals surface area contributed by atoms with E-state index in [4.69, 9.17) is 0 Å². The molecule has 3 heterocycles. The number of nitrogens with one attached hydrogen (secondary N) is 1. The van der Waals surface area contributed by atoms with Gasteiger partial charge < -0.3 is 10.2 Å². The van der Waals surface area contributed by atoms with E-state index in [0.717, 1.165) is 28.4 Å². The van der Waals surface area contributed by atoms with Crippen molar-refractivity contribution in [1.29, 1.82) is 0 Å². The minimum Gasteiger partial charge on any atom is -0.369 e. The van der Waals surface area contributed by atoms with Gasteiger partial charge in [-0.05, 0) is 38.0 Å². The first-order chi connectivity index (χ1) is 10.8. The smallest absolute Gasteiger partial charge is 0.161 e. The number of fused-ring (bicyclic) bond motifs is 1. The topological polar surface area (TPSA) is 53.9 Å². The van der Waals surface area contributed by atoms with Crippen molar-refractivity contribution < 1.29 is 0 Å². The maximum atomic E-state index is 4.35. The van der Waals surface area contributed by atoms with E-state index in [1.807, 2.05) is 0 Å². The standard InChI is InChI=1S/C16H17N5S/c1-11-4-3-7-21(11)13-6-2-5-12(8-13)20-15-14-16(18-9-17-15)22-10-19-14/h2,5-6,8-11H,3-4,7H2,1H3,(H,17,18,20). The van der Waals surface area contributed by atoms with Crippen LogP contribution in [0.15, 0.2) is 36.1 Å². The van der Waals surface area contributed by atoms with Crippen LogP contribution in [0.5, 0.6) is 0 Å². The predicted molar refractivity (Wildman–Crippen MR) is 91.0 cm³/mol. The molecular formula is C16H17N5S. The molecule has 0 saturated carbocycles. The zero-order valence-electron chi connectivity index (χ0n) is 12.4. The lowest BCUT2D eigenvalue weighted by molar-refractivity contribution is 0.735. The third-order valence-electron chi connectivity index (χ3n) is 4.13. The first kappa shape index (κ1) is 13.5. The summed E-state index contributed by atoms with van der Waals surface area (Å²) in [4.78, 5) is 16.3. The summed E-state index contributed by atoms with van der Waals surface area (Å²) in [7, 11) is 0. The lowest BCUT2D eigenvalue weighted by atomic mass is 10.2. The van der Waals surface area contributed by atoms with E-state index in [0.29, 0.717) is 6.04 Å². The van der Waals surface area contributed by atoms with Gasteiger partial charge in [0.05, 0.1) is 5.51 Å². The quantitative estimate of drug-likeness (QED) is 0.797. The van der Waals surface area contributed by atoms with Gasteiger partial charge in [-0.2, -0.15) is 0 Å². The molecule has 1 aliphatic heterocycles. The molecule has 0 bridgehead atoms. The Kier molecular flexibility index (Phi) is 3.38. The number of anilines is 3. The van der Waals surface area contributed by atoms with E-state index in [2.05, 4.69) is 56.4 Å². The largest absolute Gasteiger partial charge is 0.369 e. The number of thiazole rings is 1. The zero-order chi connectivity index (χ0) is 14.9. The second-order valence-corrected chi connectivity index (χ2v) is 6.42. The van der Waals surface area contributed by atoms with Crippen molar-refractivity contribution in [3.05, 3.63) is 36.1 Å². The highest BCUT2D eigenvalue weighted by atomic mass is 32.1. The Morgan fingerprint density at radius 1 is 1.27 bits per heavy atom. The van der Waals surface area contributed by atoms with Crippen molar-refractivity contribution in [2.24, 2.45) is 0 Å². The van der Waals surface area contributed by atoms with Gasteiger partial charge in [0, 0.05) is 24.0 Å². The molecule has 1 aliphatic rings. The van der Waals surface area contributed by atoms with Crippen LogP contribution in [0.4, 0.5) is 17.2 Å². The van der Waals surface area contributed by atoms with Crippen LogP contribution in [-0.2, 0) is 0 Å². The molecule has 2 aromatic heterocycles. The van der Waals surface area contributed by atoms with Crippen LogP contribution in [0, 0.1) is 0 Å². The molecular weight excluding hydrogens is 294 g/mol. The van der Waals surface area contributed by atoms with Crippen LogP contribution in [0.1, 0.15) is 19.8 Å². The van der Waals surface area contributed by atoms with Gasteiger partial charge >= 0.3 is 0 Å². The van der Waals surface area contributed by atoms with Gasteiger partial charge in [0.25, 0.3) is 0 Å². The Labute approximate surface area is 133 Å². The van der Waals surface area contributed by atoms with Gasteiger partial charge in [-0.25, -0.2) is 15.0 Å². The summed E-state index contributed by atoms with van der Waals surface area (Å²) in [6, 6.07) is 9.11. The lowest BCUT2D eigenvalue weighted by Crippen LogP contribution is -2.26. The number of benzene rings is 1. The Morgan fingerprint density at radius 3 is 3.09 bits per heavy atom. The second-order valence-electron chi connectivity index (χ2n) is 5.59. The number of hydrogen-bond donors (Lipinski definition) is 1. The molecule has 0 radical (unpaired) electrons. The molecule has 4 rings (SSSR count). The molecule has 1 atom stereocenters. The molecule has 1 unspecified atom stereocenters. The van der Waals surface area contributed by atoms with Gasteiger partial charge in [-0.15, -0.1) is 11.3 Å². The number of nitrogens with zero attached hydrogens (tertiary/aromatic N) is 4. The zero-order valence-corrected chi connectivity index (χ0v) is 13.2. The molecule has 1 N–H and O–H groups in total. The van der Waals surface area contributed by atoms with Crippen molar-refractivity contribution >= 4 is 38.9 Å². The SMILES string of the molecule is CC1CCCN1c1cccc(Nc2ncnc3scnc23)c1. The Bertz CT molecular complexity index is 800. The highest BCUT2D eigenvalue weighted by Gasteiger charge is 2.20. The Hall–Kier alpha value is -2.21. The molecule has 22 heavy (non-hydrogen) atoms. The molecule has 5 nitrogen and oxygen atoms in total. The van der Waals surface area contributed by atoms with E-state index in [1.165, 1.54) is 29.9 Å². The fourth-order valence-electron chi connectivity index (χ4n) is 3.00. The fraction of sp³-hybridized carbons (Fsp3) is 0.312. The van der Waals surface area contributed by atoms with Crippen LogP contribution in [0.25, 0.3) is 10.3 Å². The maximum absolute atomic E-state index is 4.35. The molecule has 0 aliphatic carbocycles. The summed E-state index contributed by atoms with van der Waals surface area (Å²) in [5.74, 6) is 0.762. The Balaban J connectivity index is 1.64. The van der Waals surface area contributed by atoms with Gasteiger partial charge in [0.15, 0.2) is 5.82 Å². The van der Waals surface area contributed by atoms with Crippen LogP contribution in [-0.4, -0.2) is 27.5 Å². The minimum absolute atomic E-state index is 0.611. The summed E-state index contributed by atoms with van der Waals surface area (Å²) >= 11 is 1.53. The van der Waals surface area contributed by atoms with Crippen molar-refractivity contribution in [2.75, 3.05) is 16.8 Å². The number of aromatic nitrogens is 3. The molecule has 6 heteroatoms. The van der Waals surface area contributed by atoms with Crippen molar-refractivity contribution in [1.82, 2.24) is 15.0 Å². The van der Waals surface area contributed by atoms with Crippen molar-refractivity contribution in [3.63, 3.8) is 0 Å². The lowest BCUT2D eigenvalue weighted by Gasteiger charge is -2.24. The van der Waals surface area contributed by atoms with E-state index < -0.39 is 0 Å². The minimum atomic E-state index is 0.611. The average Bonchev–Trinajstić information content (AvgIpc) is 3.17. The molecule has 3 aromatic rings. The first-order valence-electron chi connectivity index (χ1n) is 7.49. The van der Waals surface area contributed by atoms with Crippen LogP contribution in [0.2, 0.25) is 0 Å². The number of rotatable bonds is 3. The third-order valence-corrected chi connectivity index (χ3v) is 4.86. The van der Waals surface area contributed by atoms with Crippen molar-refractivity contribution in [3.8, 4) is 0 Å². The third kappa shape index (κ3) is 2.39. The highest BCUT2D eigenvalue weighted by Crippen LogP contribution is 2.29. The fourth-order valence-corrected chi connectivity index (χ4v) is 3.63. The van der Waals surface area contributed by atoms with Crippen LogP contribution < -0.4 is 10.2 Å². The summed E-state index contributed by atoms with van der Waals surface area (Å²) in [6.45, 7) is 3.42. The second kappa shape index (κ2) is 5.53. The number of hydrogen-bond acceptors (Lipinski definition) is 6. The normalized spacial score (nSPS) is 18.0. The summed E-state index contributed by atoms with van der Waals surface area (Å²) < 4.78 is 0. The van der Waals surface area contributed by atoms with Gasteiger partial charge in [0.2, 0.25) is 0 Å². The molecule has 0 amide bonds. The molecule has 112 valence electrons. The molecule has 0 spiro atoms. The molecule has 1 aromatic carbocycles. The van der Waals surface area contributed by atoms with Gasteiger partial charge in [-0.3, -0.25) is 0 Å². The van der Waals surface area contributed by atoms with Gasteiger partial charge in [0.1, 0.15) is 16.7 Å². The predicted octanol–water partition coefficient (Wildman–Crippen LogP) is 3.82. The van der Waals surface area contributed by atoms with E-state index in [9.17, 15) is 0 Å². The van der Waals surface area contributed by atoms with Gasteiger partial charge in [-0.1, -0.05) is 6.07 Å². The summed E-state index contributed by atoms with van der Waals surface area (Å²) in [6.07, 6.45) is 4.11. The van der Waals surface area contributed by atoms with E-state index in [-0.39, 0.29) is 0 Å². The highest BCUT2D eigenvalue weighted by molar-refractivity contribution is 7.16. The van der Waals surface area contributed by atoms with Crippen LogP contribution in [0.3, 0.4) is 0 Å². The molecule has 1 saturated heterocycles. The van der Waals surface area contributed by atoms with E-state index in [1.54, 1.807) is 11.8 Å². The molecule has 1 fully saturated rings. The summed E-state index contributed by atoms with van der Waals surface area (Å²) in [5, 5.41) is 3.38. The summed E-state index contributed by atoms with van der Waals surface area (Å²) in [5.41, 5.74) is 4.92. The monoisotopic (exact) mass is 311 g/mol. The van der Waals surface area contributed by atoms with E-state index >= 15 is 0 Å².